The number of nitrogens with zero attached hydrogens (tertiary/aromatic N) is 2. The first-order valence-electron chi connectivity index (χ1n) is 6.63. The largest absolute Gasteiger partial charge is 0.450 e. The Bertz CT molecular complexity index is 477. The van der Waals surface area contributed by atoms with Gasteiger partial charge >= 0.3 is 6.09 Å². The summed E-state index contributed by atoms with van der Waals surface area (Å²) >= 11 is 1.59. The molecule has 1 fully saturated rings. The molecule has 108 valence electrons. The molecular formula is C14H18N2O3S. The summed E-state index contributed by atoms with van der Waals surface area (Å²) in [7, 11) is 0. The third-order valence-corrected chi connectivity index (χ3v) is 3.89. The van der Waals surface area contributed by atoms with Gasteiger partial charge < -0.3 is 14.5 Å². The lowest BCUT2D eigenvalue weighted by Crippen LogP contribution is -2.50. The summed E-state index contributed by atoms with van der Waals surface area (Å²) in [5, 5.41) is 1.97. The van der Waals surface area contributed by atoms with E-state index in [9.17, 15) is 9.59 Å². The van der Waals surface area contributed by atoms with E-state index in [4.69, 9.17) is 4.74 Å². The summed E-state index contributed by atoms with van der Waals surface area (Å²) in [6, 6.07) is 3.92. The van der Waals surface area contributed by atoms with Crippen molar-refractivity contribution in [2.45, 2.75) is 6.92 Å². The first-order chi connectivity index (χ1) is 9.70. The van der Waals surface area contributed by atoms with Crippen molar-refractivity contribution in [2.24, 2.45) is 0 Å². The second-order valence-electron chi connectivity index (χ2n) is 4.36. The fourth-order valence-electron chi connectivity index (χ4n) is 1.97. The minimum Gasteiger partial charge on any atom is -0.450 e. The summed E-state index contributed by atoms with van der Waals surface area (Å²) in [5.41, 5.74) is 0. The van der Waals surface area contributed by atoms with Gasteiger partial charge in [-0.15, -0.1) is 11.3 Å². The zero-order valence-electron chi connectivity index (χ0n) is 11.4. The van der Waals surface area contributed by atoms with Crippen molar-refractivity contribution in [3.63, 3.8) is 0 Å². The zero-order chi connectivity index (χ0) is 14.4. The Morgan fingerprint density at radius 1 is 1.30 bits per heavy atom. The molecule has 1 saturated heterocycles. The Morgan fingerprint density at radius 3 is 2.60 bits per heavy atom. The molecule has 1 aromatic rings. The van der Waals surface area contributed by atoms with Gasteiger partial charge in [0.05, 0.1) is 6.61 Å². The molecule has 2 heterocycles. The van der Waals surface area contributed by atoms with Crippen LogP contribution in [0, 0.1) is 0 Å². The van der Waals surface area contributed by atoms with E-state index < -0.39 is 0 Å². The van der Waals surface area contributed by atoms with Crippen molar-refractivity contribution in [1.29, 1.82) is 0 Å². The molecule has 0 aromatic carbocycles. The molecular weight excluding hydrogens is 276 g/mol. The van der Waals surface area contributed by atoms with E-state index >= 15 is 0 Å². The van der Waals surface area contributed by atoms with Crippen LogP contribution < -0.4 is 0 Å². The van der Waals surface area contributed by atoms with Crippen molar-refractivity contribution in [3.8, 4) is 0 Å². The molecule has 2 rings (SSSR count). The van der Waals surface area contributed by atoms with Gasteiger partial charge in [-0.3, -0.25) is 4.79 Å². The summed E-state index contributed by atoms with van der Waals surface area (Å²) in [6.07, 6.45) is 3.12. The Labute approximate surface area is 122 Å². The number of carbonyl (C=O) groups excluding carboxylic acids is 2. The average Bonchev–Trinajstić information content (AvgIpc) is 2.98. The average molecular weight is 294 g/mol. The van der Waals surface area contributed by atoms with E-state index in [0.717, 1.165) is 4.88 Å². The van der Waals surface area contributed by atoms with Crippen molar-refractivity contribution in [2.75, 3.05) is 32.8 Å². The third kappa shape index (κ3) is 3.84. The lowest BCUT2D eigenvalue weighted by Gasteiger charge is -2.33. The molecule has 1 aliphatic rings. The fourth-order valence-corrected chi connectivity index (χ4v) is 2.59. The Balaban J connectivity index is 1.81. The molecule has 0 aliphatic carbocycles. The van der Waals surface area contributed by atoms with Gasteiger partial charge in [-0.1, -0.05) is 6.07 Å². The monoisotopic (exact) mass is 294 g/mol. The Kier molecular flexibility index (Phi) is 5.17. The predicted octanol–water partition coefficient (Wildman–Crippen LogP) is 2.06. The first-order valence-corrected chi connectivity index (χ1v) is 7.51. The number of ether oxygens (including phenoxy) is 1. The van der Waals surface area contributed by atoms with E-state index in [1.807, 2.05) is 23.6 Å². The maximum Gasteiger partial charge on any atom is 0.409 e. The van der Waals surface area contributed by atoms with Gasteiger partial charge in [0.15, 0.2) is 0 Å². The van der Waals surface area contributed by atoms with Crippen molar-refractivity contribution < 1.29 is 14.3 Å². The van der Waals surface area contributed by atoms with Crippen LogP contribution in [-0.4, -0.2) is 54.6 Å². The summed E-state index contributed by atoms with van der Waals surface area (Å²) in [4.78, 5) is 28.0. The highest BCUT2D eigenvalue weighted by molar-refractivity contribution is 7.10. The van der Waals surface area contributed by atoms with Gasteiger partial charge in [0.2, 0.25) is 5.91 Å². The highest BCUT2D eigenvalue weighted by Crippen LogP contribution is 2.11. The molecule has 5 nitrogen and oxygen atoms in total. The number of hydrogen-bond acceptors (Lipinski definition) is 4. The van der Waals surface area contributed by atoms with Crippen LogP contribution >= 0.6 is 11.3 Å². The van der Waals surface area contributed by atoms with E-state index in [-0.39, 0.29) is 12.0 Å². The minimum atomic E-state index is -0.297. The van der Waals surface area contributed by atoms with Crippen molar-refractivity contribution in [1.82, 2.24) is 9.80 Å². The molecule has 20 heavy (non-hydrogen) atoms. The lowest BCUT2D eigenvalue weighted by atomic mass is 10.3. The topological polar surface area (TPSA) is 49.9 Å². The molecule has 2 amide bonds. The van der Waals surface area contributed by atoms with Gasteiger partial charge in [-0.2, -0.15) is 0 Å². The van der Waals surface area contributed by atoms with E-state index in [0.29, 0.717) is 32.8 Å². The molecule has 0 radical (unpaired) electrons. The minimum absolute atomic E-state index is 0.0121. The van der Waals surface area contributed by atoms with Crippen molar-refractivity contribution in [3.05, 3.63) is 28.5 Å². The molecule has 0 unspecified atom stereocenters. The van der Waals surface area contributed by atoms with Crippen molar-refractivity contribution >= 4 is 29.4 Å². The number of amides is 2. The van der Waals surface area contributed by atoms with Gasteiger partial charge in [-0.25, -0.2) is 4.79 Å². The maximum atomic E-state index is 12.0. The number of rotatable bonds is 3. The fraction of sp³-hybridized carbons (Fsp3) is 0.429. The van der Waals surface area contributed by atoms with Crippen LogP contribution in [0.25, 0.3) is 6.08 Å². The molecule has 0 spiro atoms. The van der Waals surface area contributed by atoms with Gasteiger partial charge in [0, 0.05) is 37.1 Å². The van der Waals surface area contributed by atoms with Crippen LogP contribution in [0.5, 0.6) is 0 Å². The van der Waals surface area contributed by atoms with Gasteiger partial charge in [-0.05, 0) is 24.4 Å². The number of carbonyl (C=O) groups is 2. The normalized spacial score (nSPS) is 15.7. The molecule has 0 bridgehead atoms. The molecule has 1 aromatic heterocycles. The SMILES string of the molecule is CCOC(=O)N1CCN(C(=O)/C=C/c2cccs2)CC1. The standard InChI is InChI=1S/C14H18N2O3S/c1-2-19-14(18)16-9-7-15(8-10-16)13(17)6-5-12-4-3-11-20-12/h3-6,11H,2,7-10H2,1H3/b6-5+. The highest BCUT2D eigenvalue weighted by atomic mass is 32.1. The summed E-state index contributed by atoms with van der Waals surface area (Å²) in [5.74, 6) is -0.0121. The quantitative estimate of drug-likeness (QED) is 0.802. The highest BCUT2D eigenvalue weighted by Gasteiger charge is 2.23. The molecule has 1 aliphatic heterocycles. The molecule has 0 saturated carbocycles. The second-order valence-corrected chi connectivity index (χ2v) is 5.34. The zero-order valence-corrected chi connectivity index (χ0v) is 12.3. The second kappa shape index (κ2) is 7.09. The molecule has 6 heteroatoms. The first kappa shape index (κ1) is 14.6. The Hall–Kier alpha value is -1.82. The maximum absolute atomic E-state index is 12.0. The number of thiophene rings is 1. The van der Waals surface area contributed by atoms with Crippen LogP contribution in [0.2, 0.25) is 0 Å². The van der Waals surface area contributed by atoms with E-state index in [1.54, 1.807) is 34.1 Å². The van der Waals surface area contributed by atoms with E-state index in [2.05, 4.69) is 0 Å². The predicted molar refractivity (Wildman–Crippen MR) is 78.5 cm³/mol. The van der Waals surface area contributed by atoms with Gasteiger partial charge in [0.1, 0.15) is 0 Å². The molecule has 0 N–H and O–H groups in total. The third-order valence-electron chi connectivity index (χ3n) is 3.05. The number of hydrogen-bond donors (Lipinski definition) is 0. The molecule has 0 atom stereocenters. The van der Waals surface area contributed by atoms with E-state index in [1.165, 1.54) is 0 Å². The van der Waals surface area contributed by atoms with Crippen LogP contribution in [0.3, 0.4) is 0 Å². The summed E-state index contributed by atoms with van der Waals surface area (Å²) in [6.45, 7) is 4.31. The Morgan fingerprint density at radius 2 is 2.00 bits per heavy atom. The van der Waals surface area contributed by atoms with Gasteiger partial charge in [0.25, 0.3) is 0 Å². The number of piperazine rings is 1. The van der Waals surface area contributed by atoms with Crippen LogP contribution in [-0.2, 0) is 9.53 Å². The van der Waals surface area contributed by atoms with Crippen LogP contribution in [0.1, 0.15) is 11.8 Å². The van der Waals surface area contributed by atoms with Crippen LogP contribution in [0.4, 0.5) is 4.79 Å². The van der Waals surface area contributed by atoms with Crippen LogP contribution in [0.15, 0.2) is 23.6 Å². The smallest absolute Gasteiger partial charge is 0.409 e. The summed E-state index contributed by atoms with van der Waals surface area (Å²) < 4.78 is 4.94. The lowest BCUT2D eigenvalue weighted by molar-refractivity contribution is -0.127.